The number of nitrogens with one attached hydrogen (secondary N) is 1. The molecule has 1 unspecified atom stereocenters. The van der Waals surface area contributed by atoms with E-state index in [-0.39, 0.29) is 18.9 Å². The summed E-state index contributed by atoms with van der Waals surface area (Å²) in [7, 11) is 0. The molecule has 2 amide bonds. The van der Waals surface area contributed by atoms with Crippen LogP contribution in [0.4, 0.5) is 9.59 Å². The Balaban J connectivity index is 1.62. The van der Waals surface area contributed by atoms with Crippen molar-refractivity contribution in [3.63, 3.8) is 0 Å². The van der Waals surface area contributed by atoms with Crippen molar-refractivity contribution in [2.24, 2.45) is 11.8 Å². The molecule has 1 heterocycles. The van der Waals surface area contributed by atoms with Crippen LogP contribution in [0.15, 0.2) is 30.3 Å². The van der Waals surface area contributed by atoms with E-state index in [1.807, 2.05) is 52.8 Å². The molecule has 0 bridgehead atoms. The van der Waals surface area contributed by atoms with Crippen molar-refractivity contribution in [3.8, 4) is 0 Å². The molecule has 4 atom stereocenters. The van der Waals surface area contributed by atoms with Crippen LogP contribution in [0.1, 0.15) is 139 Å². The molecule has 310 valence electrons. The van der Waals surface area contributed by atoms with Crippen LogP contribution in [0.25, 0.3) is 0 Å². The Kier molecular flexibility index (Phi) is 16.8. The molecule has 1 aromatic carbocycles. The number of ether oxygens (including phenoxy) is 6. The molecule has 1 aromatic rings. The zero-order chi connectivity index (χ0) is 41.0. The lowest BCUT2D eigenvalue weighted by Crippen LogP contribution is -2.51. The van der Waals surface area contributed by atoms with Crippen molar-refractivity contribution in [3.05, 3.63) is 35.9 Å². The third-order valence-corrected chi connectivity index (χ3v) is 9.33. The summed E-state index contributed by atoms with van der Waals surface area (Å²) in [6.45, 7) is 17.6. The lowest BCUT2D eigenvalue weighted by molar-refractivity contribution is -0.168. The summed E-state index contributed by atoms with van der Waals surface area (Å²) in [6.07, 6.45) is 4.39. The van der Waals surface area contributed by atoms with Gasteiger partial charge < -0.3 is 33.7 Å². The van der Waals surface area contributed by atoms with Crippen molar-refractivity contribution >= 4 is 30.1 Å². The predicted octanol–water partition coefficient (Wildman–Crippen LogP) is 8.01. The predicted molar refractivity (Wildman–Crippen MR) is 206 cm³/mol. The molecular weight excluding hydrogens is 708 g/mol. The van der Waals surface area contributed by atoms with Gasteiger partial charge in [0, 0.05) is 6.42 Å². The number of rotatable bonds is 16. The van der Waals surface area contributed by atoms with Crippen LogP contribution in [0.3, 0.4) is 0 Å². The first kappa shape index (κ1) is 45.5. The molecule has 1 aliphatic heterocycles. The van der Waals surface area contributed by atoms with Crippen molar-refractivity contribution in [1.82, 2.24) is 10.2 Å². The molecule has 0 aromatic heterocycles. The van der Waals surface area contributed by atoms with Gasteiger partial charge in [-0.1, -0.05) is 76.3 Å². The highest BCUT2D eigenvalue weighted by Crippen LogP contribution is 2.40. The molecule has 13 nitrogen and oxygen atoms in total. The van der Waals surface area contributed by atoms with Gasteiger partial charge in [0.15, 0.2) is 12.1 Å². The summed E-state index contributed by atoms with van der Waals surface area (Å²) in [4.78, 5) is 67.5. The third kappa shape index (κ3) is 16.0. The molecule has 1 saturated carbocycles. The highest BCUT2D eigenvalue weighted by Gasteiger charge is 2.55. The van der Waals surface area contributed by atoms with E-state index in [1.54, 1.807) is 51.7 Å². The SMILES string of the molecule is CC(C)CC(CCCC(=O)OC[C@H](NC(=O)OCc1ccccc1)C(=O)OC(C)(C)C)OC(=O)[C@@H]1OC(C)(C)N(C(=O)OC(C)(C)C)[C@H]1CC1CCCCC1. The zero-order valence-electron chi connectivity index (χ0n) is 34.8. The van der Waals surface area contributed by atoms with Gasteiger partial charge in [0.2, 0.25) is 0 Å². The van der Waals surface area contributed by atoms with Gasteiger partial charge in [-0.3, -0.25) is 9.69 Å². The molecule has 3 rings (SSSR count). The van der Waals surface area contributed by atoms with Gasteiger partial charge in [-0.25, -0.2) is 19.2 Å². The van der Waals surface area contributed by atoms with Crippen LogP contribution >= 0.6 is 0 Å². The fourth-order valence-electron chi connectivity index (χ4n) is 7.00. The van der Waals surface area contributed by atoms with E-state index < -0.39 is 77.9 Å². The van der Waals surface area contributed by atoms with E-state index in [4.69, 9.17) is 28.4 Å². The van der Waals surface area contributed by atoms with E-state index in [2.05, 4.69) is 5.32 Å². The Labute approximate surface area is 327 Å². The van der Waals surface area contributed by atoms with Crippen LogP contribution in [-0.2, 0) is 49.4 Å². The smallest absolute Gasteiger partial charge is 0.412 e. The lowest BCUT2D eigenvalue weighted by atomic mass is 9.83. The van der Waals surface area contributed by atoms with Crippen molar-refractivity contribution < 1.29 is 52.4 Å². The Morgan fingerprint density at radius 3 is 2.15 bits per heavy atom. The van der Waals surface area contributed by atoms with E-state index >= 15 is 0 Å². The van der Waals surface area contributed by atoms with Crippen LogP contribution in [0.5, 0.6) is 0 Å². The average Bonchev–Trinajstić information content (AvgIpc) is 3.34. The Bertz CT molecular complexity index is 1410. The van der Waals surface area contributed by atoms with Gasteiger partial charge in [0.1, 0.15) is 36.2 Å². The largest absolute Gasteiger partial charge is 0.463 e. The molecule has 1 saturated heterocycles. The molecule has 1 aliphatic carbocycles. The Morgan fingerprint density at radius 2 is 1.55 bits per heavy atom. The summed E-state index contributed by atoms with van der Waals surface area (Å²) in [5, 5.41) is 2.45. The quantitative estimate of drug-likeness (QED) is 0.128. The topological polar surface area (TPSA) is 156 Å². The summed E-state index contributed by atoms with van der Waals surface area (Å²) in [5.74, 6) is -1.38. The molecule has 0 radical (unpaired) electrons. The van der Waals surface area contributed by atoms with Crippen LogP contribution in [-0.4, -0.2) is 82.8 Å². The first-order chi connectivity index (χ1) is 25.6. The van der Waals surface area contributed by atoms with Crippen molar-refractivity contribution in [2.75, 3.05) is 6.61 Å². The average molecular weight is 775 g/mol. The van der Waals surface area contributed by atoms with Crippen molar-refractivity contribution in [1.29, 1.82) is 0 Å². The number of carbonyl (C=O) groups is 5. The molecule has 0 spiro atoms. The normalized spacial score (nSPS) is 19.9. The number of carbonyl (C=O) groups excluding carboxylic acids is 5. The lowest BCUT2D eigenvalue weighted by Gasteiger charge is -2.36. The van der Waals surface area contributed by atoms with Gasteiger partial charge in [0.05, 0.1) is 6.04 Å². The van der Waals surface area contributed by atoms with Crippen LogP contribution in [0, 0.1) is 11.8 Å². The number of amides is 2. The summed E-state index contributed by atoms with van der Waals surface area (Å²) < 4.78 is 34.4. The van der Waals surface area contributed by atoms with Crippen LogP contribution in [0.2, 0.25) is 0 Å². The number of nitrogens with zero attached hydrogens (tertiary/aromatic N) is 1. The third-order valence-electron chi connectivity index (χ3n) is 9.33. The minimum absolute atomic E-state index is 0.0105. The first-order valence-corrected chi connectivity index (χ1v) is 19.9. The summed E-state index contributed by atoms with van der Waals surface area (Å²) in [6, 6.07) is 7.21. The minimum Gasteiger partial charge on any atom is -0.463 e. The number of hydrogen-bond donors (Lipinski definition) is 1. The Morgan fingerprint density at radius 1 is 0.909 bits per heavy atom. The number of hydrogen-bond acceptors (Lipinski definition) is 11. The van der Waals surface area contributed by atoms with E-state index in [1.165, 1.54) is 6.42 Å². The number of benzene rings is 1. The minimum atomic E-state index is -1.29. The second kappa shape index (κ2) is 20.3. The zero-order valence-corrected chi connectivity index (χ0v) is 34.8. The van der Waals surface area contributed by atoms with Gasteiger partial charge in [-0.2, -0.15) is 0 Å². The maximum absolute atomic E-state index is 14.0. The molecule has 2 aliphatic rings. The summed E-state index contributed by atoms with van der Waals surface area (Å²) >= 11 is 0. The standard InChI is InChI=1S/C42H66N2O11/c1-28(2)24-31(52-37(47)35-33(25-29-18-13-11-14-19-29)44(42(9,10)53-35)39(49)55-41(6,7)8)22-17-23-34(45)50-27-32(36(46)54-40(3,4)5)43-38(48)51-26-30-20-15-12-16-21-30/h12,15-16,20-21,28-29,31-33,35H,11,13-14,17-19,22-27H2,1-10H3,(H,43,48)/t31?,32-,33-,35+/m0/s1. The number of esters is 3. The van der Waals surface area contributed by atoms with Crippen molar-refractivity contribution in [2.45, 2.75) is 181 Å². The highest BCUT2D eigenvalue weighted by atomic mass is 16.6. The monoisotopic (exact) mass is 774 g/mol. The molecule has 55 heavy (non-hydrogen) atoms. The second-order valence-electron chi connectivity index (χ2n) is 17.7. The maximum Gasteiger partial charge on any atom is 0.412 e. The fraction of sp³-hybridized carbons (Fsp3) is 0.738. The highest BCUT2D eigenvalue weighted by molar-refractivity contribution is 5.82. The van der Waals surface area contributed by atoms with Gasteiger partial charge in [-0.15, -0.1) is 0 Å². The maximum atomic E-state index is 14.0. The molecule has 2 fully saturated rings. The van der Waals surface area contributed by atoms with Crippen LogP contribution < -0.4 is 5.32 Å². The summed E-state index contributed by atoms with van der Waals surface area (Å²) in [5.41, 5.74) is -1.92. The van der Waals surface area contributed by atoms with Gasteiger partial charge in [0.25, 0.3) is 0 Å². The Hall–Kier alpha value is -3.87. The first-order valence-electron chi connectivity index (χ1n) is 19.9. The van der Waals surface area contributed by atoms with E-state index in [0.29, 0.717) is 31.6 Å². The fourth-order valence-corrected chi connectivity index (χ4v) is 7.00. The molecule has 1 N–H and O–H groups in total. The number of alkyl carbamates (subject to hydrolysis) is 1. The van der Waals surface area contributed by atoms with Gasteiger partial charge in [-0.05, 0) is 98.5 Å². The second-order valence-corrected chi connectivity index (χ2v) is 17.7. The molecule has 13 heteroatoms. The van der Waals surface area contributed by atoms with E-state index in [9.17, 15) is 24.0 Å². The van der Waals surface area contributed by atoms with Gasteiger partial charge >= 0.3 is 30.1 Å². The van der Waals surface area contributed by atoms with E-state index in [0.717, 1.165) is 31.2 Å². The molecular formula is C42H66N2O11.